The van der Waals surface area contributed by atoms with Crippen LogP contribution in [-0.4, -0.2) is 8.96 Å². The summed E-state index contributed by atoms with van der Waals surface area (Å²) in [5.74, 6) is -0.348. The van der Waals surface area contributed by atoms with E-state index in [1.165, 1.54) is 12.1 Å². The highest BCUT2D eigenvalue weighted by Crippen LogP contribution is 2.32. The first kappa shape index (κ1) is 21.1. The summed E-state index contributed by atoms with van der Waals surface area (Å²) in [7, 11) is -1.08. The van der Waals surface area contributed by atoms with E-state index < -0.39 is 11.0 Å². The SMILES string of the molecule is CC(C)(C)[S@](=O)N[C@H]1CCc2cc(F)ccc21.N[C@H]1CCc2cc(F)ccc21. The fraction of sp³-hybridized carbons (Fsp3) is 0.455. The summed E-state index contributed by atoms with van der Waals surface area (Å²) in [6.07, 6.45) is 3.62. The number of halogens is 2. The van der Waals surface area contributed by atoms with E-state index in [4.69, 9.17) is 5.73 Å². The Bertz CT molecular complexity index is 879. The van der Waals surface area contributed by atoms with Crippen molar-refractivity contribution >= 4 is 11.0 Å². The highest BCUT2D eigenvalue weighted by atomic mass is 32.2. The van der Waals surface area contributed by atoms with Gasteiger partial charge in [-0.3, -0.25) is 0 Å². The zero-order chi connectivity index (χ0) is 20.5. The molecule has 0 radical (unpaired) electrons. The number of fused-ring (bicyclic) bond motifs is 2. The van der Waals surface area contributed by atoms with Gasteiger partial charge in [0.2, 0.25) is 0 Å². The van der Waals surface area contributed by atoms with Gasteiger partial charge in [-0.15, -0.1) is 0 Å². The maximum Gasteiger partial charge on any atom is 0.123 e. The van der Waals surface area contributed by atoms with E-state index in [-0.39, 0.29) is 28.5 Å². The molecule has 0 aromatic heterocycles. The molecule has 2 aliphatic carbocycles. The third kappa shape index (κ3) is 4.85. The number of nitrogens with one attached hydrogen (secondary N) is 1. The van der Waals surface area contributed by atoms with Crippen LogP contribution in [0.4, 0.5) is 8.78 Å². The van der Waals surface area contributed by atoms with Gasteiger partial charge in [0.05, 0.1) is 15.7 Å². The Kier molecular flexibility index (Phi) is 6.32. The van der Waals surface area contributed by atoms with Crippen molar-refractivity contribution in [3.8, 4) is 0 Å². The molecular formula is C22H28F2N2OS. The van der Waals surface area contributed by atoms with Gasteiger partial charge < -0.3 is 5.73 Å². The number of rotatable bonds is 2. The van der Waals surface area contributed by atoms with Crippen LogP contribution in [-0.2, 0) is 23.8 Å². The smallest absolute Gasteiger partial charge is 0.123 e. The predicted octanol–water partition coefficient (Wildman–Crippen LogP) is 4.64. The van der Waals surface area contributed by atoms with Crippen molar-refractivity contribution < 1.29 is 13.0 Å². The number of benzene rings is 2. The van der Waals surface area contributed by atoms with Crippen molar-refractivity contribution in [2.75, 3.05) is 0 Å². The van der Waals surface area contributed by atoms with Crippen LogP contribution in [0.25, 0.3) is 0 Å². The van der Waals surface area contributed by atoms with E-state index in [1.54, 1.807) is 24.3 Å². The van der Waals surface area contributed by atoms with E-state index in [2.05, 4.69) is 4.72 Å². The molecule has 3 nitrogen and oxygen atoms in total. The molecule has 0 saturated carbocycles. The molecule has 0 fully saturated rings. The van der Waals surface area contributed by atoms with E-state index >= 15 is 0 Å². The predicted molar refractivity (Wildman–Crippen MR) is 110 cm³/mol. The molecule has 152 valence electrons. The minimum Gasteiger partial charge on any atom is -0.324 e. The van der Waals surface area contributed by atoms with Crippen LogP contribution in [0.1, 0.15) is 68.0 Å². The summed E-state index contributed by atoms with van der Waals surface area (Å²) in [6, 6.07) is 9.93. The molecule has 0 heterocycles. The molecule has 2 aliphatic rings. The average Bonchev–Trinajstić information content (AvgIpc) is 3.18. The minimum absolute atomic E-state index is 0.0886. The van der Waals surface area contributed by atoms with E-state index in [9.17, 15) is 13.0 Å². The Morgan fingerprint density at radius 1 is 0.964 bits per heavy atom. The molecule has 0 bridgehead atoms. The molecule has 0 saturated heterocycles. The Balaban J connectivity index is 0.000000176. The zero-order valence-corrected chi connectivity index (χ0v) is 17.4. The van der Waals surface area contributed by atoms with E-state index in [0.29, 0.717) is 0 Å². The number of aryl methyl sites for hydroxylation is 2. The second-order valence-corrected chi connectivity index (χ2v) is 10.4. The number of nitrogens with two attached hydrogens (primary N) is 1. The van der Waals surface area contributed by atoms with E-state index in [1.807, 2.05) is 20.8 Å². The fourth-order valence-electron chi connectivity index (χ4n) is 3.63. The van der Waals surface area contributed by atoms with Crippen LogP contribution < -0.4 is 10.5 Å². The Morgan fingerprint density at radius 3 is 2.11 bits per heavy atom. The number of hydrogen-bond acceptors (Lipinski definition) is 2. The molecule has 2 aromatic carbocycles. The van der Waals surface area contributed by atoms with Gasteiger partial charge in [0, 0.05) is 12.1 Å². The first-order chi connectivity index (χ1) is 13.1. The molecule has 4 rings (SSSR count). The first-order valence-electron chi connectivity index (χ1n) is 9.65. The van der Waals surface area contributed by atoms with Gasteiger partial charge in [-0.25, -0.2) is 17.7 Å². The highest BCUT2D eigenvalue weighted by molar-refractivity contribution is 7.84. The molecule has 6 heteroatoms. The summed E-state index contributed by atoms with van der Waals surface area (Å²) in [4.78, 5) is 0. The summed E-state index contributed by atoms with van der Waals surface area (Å²) >= 11 is 0. The van der Waals surface area contributed by atoms with Crippen molar-refractivity contribution in [2.45, 2.75) is 63.3 Å². The van der Waals surface area contributed by atoms with Crippen molar-refractivity contribution in [3.05, 3.63) is 70.3 Å². The van der Waals surface area contributed by atoms with Crippen LogP contribution in [0.15, 0.2) is 36.4 Å². The summed E-state index contributed by atoms with van der Waals surface area (Å²) in [5, 5.41) is 0. The van der Waals surface area contributed by atoms with Gasteiger partial charge in [0.1, 0.15) is 11.6 Å². The lowest BCUT2D eigenvalue weighted by atomic mass is 10.1. The summed E-state index contributed by atoms with van der Waals surface area (Å²) in [5.41, 5.74) is 10.1. The molecule has 0 amide bonds. The van der Waals surface area contributed by atoms with Gasteiger partial charge in [0.25, 0.3) is 0 Å². The van der Waals surface area contributed by atoms with Gasteiger partial charge in [-0.2, -0.15) is 0 Å². The Labute approximate surface area is 168 Å². The van der Waals surface area contributed by atoms with Crippen molar-refractivity contribution in [1.82, 2.24) is 4.72 Å². The average molecular weight is 407 g/mol. The fourth-order valence-corrected chi connectivity index (χ4v) is 4.49. The van der Waals surface area contributed by atoms with Crippen molar-refractivity contribution in [2.24, 2.45) is 5.73 Å². The topological polar surface area (TPSA) is 55.1 Å². The molecule has 2 aromatic rings. The zero-order valence-electron chi connectivity index (χ0n) is 16.6. The second kappa shape index (κ2) is 8.39. The van der Waals surface area contributed by atoms with Gasteiger partial charge in [-0.1, -0.05) is 12.1 Å². The maximum absolute atomic E-state index is 13.1. The van der Waals surface area contributed by atoms with Gasteiger partial charge in [-0.05, 0) is 93.0 Å². The Hall–Kier alpha value is -1.63. The maximum atomic E-state index is 13.1. The van der Waals surface area contributed by atoms with Crippen molar-refractivity contribution in [1.29, 1.82) is 0 Å². The van der Waals surface area contributed by atoms with Gasteiger partial charge >= 0.3 is 0 Å². The summed E-state index contributed by atoms with van der Waals surface area (Å²) in [6.45, 7) is 5.82. The van der Waals surface area contributed by atoms with Crippen LogP contribution in [0.5, 0.6) is 0 Å². The molecule has 0 unspecified atom stereocenters. The molecule has 28 heavy (non-hydrogen) atoms. The highest BCUT2D eigenvalue weighted by Gasteiger charge is 2.28. The normalized spacial score (nSPS) is 21.5. The lowest BCUT2D eigenvalue weighted by Gasteiger charge is -2.22. The lowest BCUT2D eigenvalue weighted by molar-refractivity contribution is 0.595. The standard InChI is InChI=1S/C13H18FNOS.C9H10FN/c1-13(2,3)17(16)15-12-7-4-9-8-10(14)5-6-11(9)12;10-7-2-3-8-6(5-7)1-4-9(8)11/h5-6,8,12,15H,4,7H2,1-3H3;2-3,5,9H,1,4,11H2/t12-,17-;9-/m00/s1. The Morgan fingerprint density at radius 2 is 1.50 bits per heavy atom. The second-order valence-electron chi connectivity index (χ2n) is 8.42. The molecule has 0 spiro atoms. The van der Waals surface area contributed by atoms with Crippen LogP contribution in [0.3, 0.4) is 0 Å². The van der Waals surface area contributed by atoms with Crippen LogP contribution >= 0.6 is 0 Å². The molecule has 0 aliphatic heterocycles. The molecular weight excluding hydrogens is 378 g/mol. The van der Waals surface area contributed by atoms with Crippen molar-refractivity contribution in [3.63, 3.8) is 0 Å². The molecule has 3 atom stereocenters. The van der Waals surface area contributed by atoms with Crippen LogP contribution in [0, 0.1) is 11.6 Å². The third-order valence-electron chi connectivity index (χ3n) is 5.22. The largest absolute Gasteiger partial charge is 0.324 e. The first-order valence-corrected chi connectivity index (χ1v) is 10.8. The van der Waals surface area contributed by atoms with E-state index in [0.717, 1.165) is 47.9 Å². The third-order valence-corrected chi connectivity index (χ3v) is 6.83. The lowest BCUT2D eigenvalue weighted by Crippen LogP contribution is -2.35. The monoisotopic (exact) mass is 406 g/mol. The summed E-state index contributed by atoms with van der Waals surface area (Å²) < 4.78 is 40.6. The van der Waals surface area contributed by atoms with Crippen LogP contribution in [0.2, 0.25) is 0 Å². The molecule has 3 N–H and O–H groups in total. The number of hydrogen-bond donors (Lipinski definition) is 2. The minimum atomic E-state index is -1.08. The van der Waals surface area contributed by atoms with Gasteiger partial charge in [0.15, 0.2) is 0 Å². The quantitative estimate of drug-likeness (QED) is 0.764.